The topological polar surface area (TPSA) is 70.1 Å². The summed E-state index contributed by atoms with van der Waals surface area (Å²) in [5, 5.41) is 9.62. The minimum atomic E-state index is -0.245. The van der Waals surface area contributed by atoms with Gasteiger partial charge in [0, 0.05) is 7.05 Å². The van der Waals surface area contributed by atoms with Crippen molar-refractivity contribution < 1.29 is 19.4 Å². The van der Waals surface area contributed by atoms with E-state index in [1.165, 1.54) is 4.90 Å². The second kappa shape index (κ2) is 6.84. The van der Waals surface area contributed by atoms with Crippen molar-refractivity contribution in [2.75, 3.05) is 25.1 Å². The molecule has 25 heavy (non-hydrogen) atoms. The Morgan fingerprint density at radius 3 is 2.80 bits per heavy atom. The molecule has 0 saturated carbocycles. The minimum absolute atomic E-state index is 0.0567. The molecule has 0 aliphatic carbocycles. The Kier molecular flexibility index (Phi) is 4.61. The number of amides is 2. The van der Waals surface area contributed by atoms with Gasteiger partial charge in [0.25, 0.3) is 5.91 Å². The zero-order valence-corrected chi connectivity index (χ0v) is 14.2. The van der Waals surface area contributed by atoms with Gasteiger partial charge in [-0.25, -0.2) is 0 Å². The summed E-state index contributed by atoms with van der Waals surface area (Å²) in [6, 6.07) is 13.7. The Morgan fingerprint density at radius 1 is 1.28 bits per heavy atom. The van der Waals surface area contributed by atoms with E-state index in [1.54, 1.807) is 48.3 Å². The van der Waals surface area contributed by atoms with E-state index in [0.717, 1.165) is 5.56 Å². The molecule has 0 bridgehead atoms. The monoisotopic (exact) mass is 340 g/mol. The van der Waals surface area contributed by atoms with Crippen LogP contribution >= 0.6 is 0 Å². The first-order chi connectivity index (χ1) is 12.0. The van der Waals surface area contributed by atoms with Gasteiger partial charge in [-0.1, -0.05) is 24.3 Å². The van der Waals surface area contributed by atoms with Gasteiger partial charge in [0.2, 0.25) is 5.91 Å². The molecule has 0 fully saturated rings. The molecule has 1 unspecified atom stereocenters. The smallest absolute Gasteiger partial charge is 0.265 e. The Labute approximate surface area is 146 Å². The number of carbonyl (C=O) groups excluding carboxylic acids is 2. The molecule has 130 valence electrons. The van der Waals surface area contributed by atoms with Gasteiger partial charge in [0.15, 0.2) is 6.61 Å². The second-order valence-corrected chi connectivity index (χ2v) is 6.01. The fourth-order valence-electron chi connectivity index (χ4n) is 2.80. The number of nitrogens with zero attached hydrogens (tertiary/aromatic N) is 2. The fourth-order valence-corrected chi connectivity index (χ4v) is 2.80. The van der Waals surface area contributed by atoms with Crippen LogP contribution in [0.1, 0.15) is 18.5 Å². The van der Waals surface area contributed by atoms with Crippen LogP contribution in [0.15, 0.2) is 48.5 Å². The van der Waals surface area contributed by atoms with E-state index < -0.39 is 0 Å². The van der Waals surface area contributed by atoms with E-state index in [-0.39, 0.29) is 36.8 Å². The number of fused-ring (bicyclic) bond motifs is 1. The van der Waals surface area contributed by atoms with E-state index in [1.807, 2.05) is 19.1 Å². The number of phenols is 1. The van der Waals surface area contributed by atoms with Crippen molar-refractivity contribution in [2.45, 2.75) is 13.0 Å². The standard InChI is InChI=1S/C19H20N2O4/c1-13(14-6-5-7-15(22)10-14)20(2)18(23)11-21-16-8-3-4-9-17(16)25-12-19(21)24/h3-10,13,22H,11-12H2,1-2H3. The third-order valence-corrected chi connectivity index (χ3v) is 4.43. The van der Waals surface area contributed by atoms with Crippen LogP contribution in [-0.2, 0) is 9.59 Å². The highest BCUT2D eigenvalue weighted by atomic mass is 16.5. The lowest BCUT2D eigenvalue weighted by Gasteiger charge is -2.32. The molecule has 2 amide bonds. The van der Waals surface area contributed by atoms with Crippen LogP contribution in [0.3, 0.4) is 0 Å². The van der Waals surface area contributed by atoms with Gasteiger partial charge >= 0.3 is 0 Å². The number of aromatic hydroxyl groups is 1. The summed E-state index contributed by atoms with van der Waals surface area (Å²) in [5.74, 6) is 0.312. The van der Waals surface area contributed by atoms with E-state index in [4.69, 9.17) is 4.74 Å². The molecule has 1 heterocycles. The summed E-state index contributed by atoms with van der Waals surface area (Å²) < 4.78 is 5.39. The maximum Gasteiger partial charge on any atom is 0.265 e. The van der Waals surface area contributed by atoms with Crippen LogP contribution in [0.2, 0.25) is 0 Å². The molecule has 0 aromatic heterocycles. The van der Waals surface area contributed by atoms with Gasteiger partial charge in [-0.3, -0.25) is 14.5 Å². The third-order valence-electron chi connectivity index (χ3n) is 4.43. The van der Waals surface area contributed by atoms with Crippen molar-refractivity contribution in [3.63, 3.8) is 0 Å². The number of rotatable bonds is 4. The van der Waals surface area contributed by atoms with Crippen LogP contribution in [0.4, 0.5) is 5.69 Å². The van der Waals surface area contributed by atoms with E-state index in [2.05, 4.69) is 0 Å². The number of hydrogen-bond donors (Lipinski definition) is 1. The number of likely N-dealkylation sites (N-methyl/N-ethyl adjacent to an activating group) is 1. The Hall–Kier alpha value is -3.02. The average molecular weight is 340 g/mol. The molecule has 1 atom stereocenters. The second-order valence-electron chi connectivity index (χ2n) is 6.01. The number of ether oxygens (including phenoxy) is 1. The first kappa shape index (κ1) is 16.8. The summed E-state index contributed by atoms with van der Waals surface area (Å²) in [4.78, 5) is 27.9. The zero-order chi connectivity index (χ0) is 18.0. The molecule has 0 radical (unpaired) electrons. The lowest BCUT2D eigenvalue weighted by atomic mass is 10.1. The molecule has 0 saturated heterocycles. The number of phenolic OH excluding ortho intramolecular Hbond substituents is 1. The molecule has 6 nitrogen and oxygen atoms in total. The molecule has 6 heteroatoms. The number of para-hydroxylation sites is 2. The van der Waals surface area contributed by atoms with Crippen molar-refractivity contribution in [2.24, 2.45) is 0 Å². The normalized spacial score (nSPS) is 14.5. The molecule has 1 aliphatic rings. The maximum absolute atomic E-state index is 12.7. The summed E-state index contributed by atoms with van der Waals surface area (Å²) in [6.45, 7) is 1.75. The minimum Gasteiger partial charge on any atom is -0.508 e. The van der Waals surface area contributed by atoms with Crippen molar-refractivity contribution in [3.05, 3.63) is 54.1 Å². The third kappa shape index (κ3) is 3.42. The molecule has 3 rings (SSSR count). The van der Waals surface area contributed by atoms with Crippen LogP contribution in [0.5, 0.6) is 11.5 Å². The SMILES string of the molecule is CC(c1cccc(O)c1)N(C)C(=O)CN1C(=O)COc2ccccc21. The zero-order valence-electron chi connectivity index (χ0n) is 14.2. The van der Waals surface area contributed by atoms with Crippen molar-refractivity contribution in [1.29, 1.82) is 0 Å². The van der Waals surface area contributed by atoms with Crippen LogP contribution in [0.25, 0.3) is 0 Å². The van der Waals surface area contributed by atoms with Crippen LogP contribution in [0, 0.1) is 0 Å². The highest BCUT2D eigenvalue weighted by Gasteiger charge is 2.29. The maximum atomic E-state index is 12.7. The van der Waals surface area contributed by atoms with E-state index in [9.17, 15) is 14.7 Å². The van der Waals surface area contributed by atoms with Crippen LogP contribution < -0.4 is 9.64 Å². The van der Waals surface area contributed by atoms with Gasteiger partial charge in [-0.05, 0) is 36.8 Å². The van der Waals surface area contributed by atoms with Crippen molar-refractivity contribution in [1.82, 2.24) is 4.90 Å². The van der Waals surface area contributed by atoms with Crippen LogP contribution in [-0.4, -0.2) is 42.0 Å². The van der Waals surface area contributed by atoms with Crippen molar-refractivity contribution >= 4 is 17.5 Å². The Balaban J connectivity index is 1.76. The predicted molar refractivity (Wildman–Crippen MR) is 93.6 cm³/mol. The first-order valence-corrected chi connectivity index (χ1v) is 8.04. The number of hydrogen-bond acceptors (Lipinski definition) is 4. The highest BCUT2D eigenvalue weighted by Crippen LogP contribution is 2.31. The van der Waals surface area contributed by atoms with Crippen molar-refractivity contribution in [3.8, 4) is 11.5 Å². The van der Waals surface area contributed by atoms with Gasteiger partial charge in [0.05, 0.1) is 11.7 Å². The Morgan fingerprint density at radius 2 is 2.04 bits per heavy atom. The fraction of sp³-hybridized carbons (Fsp3) is 0.263. The quantitative estimate of drug-likeness (QED) is 0.927. The van der Waals surface area contributed by atoms with Gasteiger partial charge < -0.3 is 14.7 Å². The summed E-state index contributed by atoms with van der Waals surface area (Å²) >= 11 is 0. The summed E-state index contributed by atoms with van der Waals surface area (Å²) in [6.07, 6.45) is 0. The number of carbonyl (C=O) groups is 2. The average Bonchev–Trinajstić information content (AvgIpc) is 2.62. The van der Waals surface area contributed by atoms with Gasteiger partial charge in [-0.2, -0.15) is 0 Å². The van der Waals surface area contributed by atoms with Gasteiger partial charge in [-0.15, -0.1) is 0 Å². The molecular weight excluding hydrogens is 320 g/mol. The molecular formula is C19H20N2O4. The molecule has 1 N–H and O–H groups in total. The molecule has 0 spiro atoms. The predicted octanol–water partition coefficient (Wildman–Crippen LogP) is 2.34. The lowest BCUT2D eigenvalue weighted by Crippen LogP contribution is -2.46. The van der Waals surface area contributed by atoms with E-state index in [0.29, 0.717) is 11.4 Å². The molecule has 2 aromatic carbocycles. The van der Waals surface area contributed by atoms with E-state index >= 15 is 0 Å². The first-order valence-electron chi connectivity index (χ1n) is 8.04. The van der Waals surface area contributed by atoms with Gasteiger partial charge in [0.1, 0.15) is 18.0 Å². The number of anilines is 1. The lowest BCUT2D eigenvalue weighted by molar-refractivity contribution is -0.132. The largest absolute Gasteiger partial charge is 0.508 e. The molecule has 1 aliphatic heterocycles. The molecule has 2 aromatic rings. The summed E-state index contributed by atoms with van der Waals surface area (Å²) in [7, 11) is 1.69. The Bertz CT molecular complexity index is 806. The number of benzene rings is 2. The summed E-state index contributed by atoms with van der Waals surface area (Å²) in [5.41, 5.74) is 1.43. The highest BCUT2D eigenvalue weighted by molar-refractivity contribution is 6.02.